The molecule has 3 aliphatic rings. The molecule has 0 saturated heterocycles. The summed E-state index contributed by atoms with van der Waals surface area (Å²) in [6, 6.07) is 15.7. The molecule has 2 heterocycles. The Morgan fingerprint density at radius 2 is 1.25 bits per heavy atom. The second kappa shape index (κ2) is 9.36. The lowest BCUT2D eigenvalue weighted by molar-refractivity contribution is -0.563. The minimum atomic E-state index is 0.171. The lowest BCUT2D eigenvalue weighted by Gasteiger charge is -2.44. The van der Waals surface area contributed by atoms with Gasteiger partial charge in [-0.1, -0.05) is 74.9 Å². The van der Waals surface area contributed by atoms with Gasteiger partial charge in [-0.25, -0.2) is 0 Å². The van der Waals surface area contributed by atoms with Gasteiger partial charge in [0.2, 0.25) is 0 Å². The predicted molar refractivity (Wildman–Crippen MR) is 151 cm³/mol. The van der Waals surface area contributed by atoms with Crippen LogP contribution in [0.15, 0.2) is 48.5 Å². The number of allylic oxidation sites excluding steroid dienone is 1. The van der Waals surface area contributed by atoms with Gasteiger partial charge in [-0.15, -0.1) is 0 Å². The van der Waals surface area contributed by atoms with Gasteiger partial charge in [0.15, 0.2) is 11.4 Å². The number of rotatable bonds is 4. The molecule has 2 fully saturated rings. The lowest BCUT2D eigenvalue weighted by Crippen LogP contribution is -2.46. The average molecular weight is 480 g/mol. The van der Waals surface area contributed by atoms with Gasteiger partial charge in [-0.2, -0.15) is 9.13 Å². The monoisotopic (exact) mass is 479 g/mol. The molecule has 2 saturated carbocycles. The summed E-state index contributed by atoms with van der Waals surface area (Å²) in [6.07, 6.45) is 19.1. The summed E-state index contributed by atoms with van der Waals surface area (Å²) in [4.78, 5) is 0. The molecule has 0 radical (unpaired) electrons. The number of para-hydroxylation sites is 1. The molecule has 2 nitrogen and oxygen atoms in total. The Hall–Kier alpha value is -2.61. The number of nitrogens with zero attached hydrogens (tertiary/aromatic N) is 2. The van der Waals surface area contributed by atoms with Crippen molar-refractivity contribution in [3.63, 3.8) is 0 Å². The number of aromatic nitrogens is 2. The molecule has 3 aromatic rings. The summed E-state index contributed by atoms with van der Waals surface area (Å²) >= 11 is 0. The molecule has 0 spiro atoms. The van der Waals surface area contributed by atoms with Crippen molar-refractivity contribution in [1.29, 1.82) is 0 Å². The van der Waals surface area contributed by atoms with Crippen molar-refractivity contribution < 1.29 is 4.57 Å². The molecule has 188 valence electrons. The Balaban J connectivity index is 1.67. The molecule has 6 rings (SSSR count). The third kappa shape index (κ3) is 3.55. The van der Waals surface area contributed by atoms with Gasteiger partial charge in [0.25, 0.3) is 5.82 Å². The highest BCUT2D eigenvalue weighted by Gasteiger charge is 2.55. The second-order valence-electron chi connectivity index (χ2n) is 11.9. The lowest BCUT2D eigenvalue weighted by atomic mass is 9.57. The zero-order valence-electron chi connectivity index (χ0n) is 22.8. The standard InChI is InChI=1S/C34H43N2/c1-24-14-11-12-21-30(24)36-27(4)32-34(28-17-7-5-8-18-28,29-19-9-6-10-20-29)22-23-35(32)33(36)31-25(2)15-13-16-26(31)3/h11-16,21-23,28-29H,5-10,17-20H2,1-4H3/q+1. The Bertz CT molecular complexity index is 1260. The molecule has 0 amide bonds. The molecule has 0 N–H and O–H groups in total. The van der Waals surface area contributed by atoms with Crippen molar-refractivity contribution in [3.8, 4) is 17.1 Å². The first-order valence-corrected chi connectivity index (χ1v) is 14.5. The number of benzene rings is 2. The van der Waals surface area contributed by atoms with E-state index < -0.39 is 0 Å². The molecular weight excluding hydrogens is 436 g/mol. The van der Waals surface area contributed by atoms with E-state index in [1.807, 2.05) is 0 Å². The summed E-state index contributed by atoms with van der Waals surface area (Å²) in [5, 5.41) is 0. The summed E-state index contributed by atoms with van der Waals surface area (Å²) in [6.45, 7) is 9.26. The van der Waals surface area contributed by atoms with Crippen molar-refractivity contribution in [2.75, 3.05) is 0 Å². The van der Waals surface area contributed by atoms with Crippen molar-refractivity contribution in [2.45, 2.75) is 97.3 Å². The van der Waals surface area contributed by atoms with Gasteiger partial charge < -0.3 is 0 Å². The molecule has 0 bridgehead atoms. The van der Waals surface area contributed by atoms with E-state index in [1.165, 1.54) is 104 Å². The van der Waals surface area contributed by atoms with E-state index in [1.54, 1.807) is 5.69 Å². The highest BCUT2D eigenvalue weighted by Crippen LogP contribution is 2.54. The van der Waals surface area contributed by atoms with E-state index in [4.69, 9.17) is 0 Å². The van der Waals surface area contributed by atoms with Crippen molar-refractivity contribution >= 4 is 6.20 Å². The summed E-state index contributed by atoms with van der Waals surface area (Å²) in [7, 11) is 0. The Morgan fingerprint density at radius 3 is 1.83 bits per heavy atom. The number of aryl methyl sites for hydroxylation is 3. The zero-order chi connectivity index (χ0) is 24.9. The first kappa shape index (κ1) is 23.8. The Labute approximate surface area is 218 Å². The first-order valence-electron chi connectivity index (χ1n) is 14.5. The van der Waals surface area contributed by atoms with E-state index in [-0.39, 0.29) is 5.41 Å². The van der Waals surface area contributed by atoms with E-state index in [2.05, 4.69) is 91.6 Å². The quantitative estimate of drug-likeness (QED) is 0.331. The Morgan fingerprint density at radius 1 is 0.694 bits per heavy atom. The van der Waals surface area contributed by atoms with Crippen LogP contribution in [0.1, 0.15) is 92.3 Å². The normalized spacial score (nSPS) is 20.1. The van der Waals surface area contributed by atoms with Gasteiger partial charge in [-0.3, -0.25) is 0 Å². The maximum Gasteiger partial charge on any atom is 0.299 e. The minimum absolute atomic E-state index is 0.171. The van der Waals surface area contributed by atoms with Crippen LogP contribution >= 0.6 is 0 Å². The summed E-state index contributed by atoms with van der Waals surface area (Å²) < 4.78 is 5.25. The van der Waals surface area contributed by atoms with Crippen LogP contribution in [0, 0.1) is 39.5 Å². The van der Waals surface area contributed by atoms with Crippen LogP contribution in [0.3, 0.4) is 0 Å². The van der Waals surface area contributed by atoms with Crippen LogP contribution in [-0.2, 0) is 5.41 Å². The molecule has 2 heteroatoms. The molecule has 0 unspecified atom stereocenters. The highest BCUT2D eigenvalue weighted by molar-refractivity contribution is 5.68. The van der Waals surface area contributed by atoms with Crippen LogP contribution in [0.2, 0.25) is 0 Å². The van der Waals surface area contributed by atoms with Crippen molar-refractivity contribution in [3.05, 3.63) is 76.6 Å². The van der Waals surface area contributed by atoms with Crippen molar-refractivity contribution in [1.82, 2.24) is 4.57 Å². The van der Waals surface area contributed by atoms with Gasteiger partial charge >= 0.3 is 0 Å². The van der Waals surface area contributed by atoms with E-state index >= 15 is 0 Å². The topological polar surface area (TPSA) is 8.81 Å². The minimum Gasteiger partial charge on any atom is -0.198 e. The molecule has 2 aliphatic carbocycles. The number of hydrogen-bond donors (Lipinski definition) is 0. The first-order chi connectivity index (χ1) is 17.5. The predicted octanol–water partition coefficient (Wildman–Crippen LogP) is 8.55. The fourth-order valence-corrected chi connectivity index (χ4v) is 8.26. The molecule has 36 heavy (non-hydrogen) atoms. The SMILES string of the molecule is Cc1ccccc1-n1c(C)c2[n+](c1-c1c(C)cccc1C)C=CC2(C1CCCCC1)C1CCCCC1. The maximum atomic E-state index is 2.70. The van der Waals surface area contributed by atoms with Gasteiger partial charge in [0, 0.05) is 6.92 Å². The largest absolute Gasteiger partial charge is 0.299 e. The zero-order valence-corrected chi connectivity index (χ0v) is 22.8. The fraction of sp³-hybridized carbons (Fsp3) is 0.500. The van der Waals surface area contributed by atoms with E-state index in [0.717, 1.165) is 11.8 Å². The van der Waals surface area contributed by atoms with Gasteiger partial charge in [0.1, 0.15) is 5.69 Å². The summed E-state index contributed by atoms with van der Waals surface area (Å²) in [5.41, 5.74) is 9.99. The van der Waals surface area contributed by atoms with Crippen LogP contribution in [0.4, 0.5) is 0 Å². The smallest absolute Gasteiger partial charge is 0.198 e. The fourth-order valence-electron chi connectivity index (χ4n) is 8.26. The van der Waals surface area contributed by atoms with Crippen LogP contribution in [0.5, 0.6) is 0 Å². The average Bonchev–Trinajstić information content (AvgIpc) is 3.43. The van der Waals surface area contributed by atoms with Crippen LogP contribution < -0.4 is 4.57 Å². The molecular formula is C34H43N2+. The highest BCUT2D eigenvalue weighted by atomic mass is 15.2. The van der Waals surface area contributed by atoms with Crippen LogP contribution in [-0.4, -0.2) is 4.57 Å². The molecule has 1 aliphatic heterocycles. The summed E-state index contributed by atoms with van der Waals surface area (Å²) in [5.74, 6) is 2.87. The number of hydrogen-bond acceptors (Lipinski definition) is 0. The van der Waals surface area contributed by atoms with E-state index in [0.29, 0.717) is 0 Å². The molecule has 0 atom stereocenters. The molecule has 1 aromatic heterocycles. The third-order valence-electron chi connectivity index (χ3n) is 9.89. The van der Waals surface area contributed by atoms with Gasteiger partial charge in [0.05, 0.1) is 17.2 Å². The van der Waals surface area contributed by atoms with Crippen molar-refractivity contribution in [2.24, 2.45) is 11.8 Å². The number of fused-ring (bicyclic) bond motifs is 1. The maximum absolute atomic E-state index is 2.70. The Kier molecular flexibility index (Phi) is 6.18. The second-order valence-corrected chi connectivity index (χ2v) is 11.9. The van der Waals surface area contributed by atoms with Crippen LogP contribution in [0.25, 0.3) is 23.3 Å². The third-order valence-corrected chi connectivity index (χ3v) is 9.89. The molecule has 2 aromatic carbocycles. The van der Waals surface area contributed by atoms with E-state index in [9.17, 15) is 0 Å². The van der Waals surface area contributed by atoms with Gasteiger partial charge in [-0.05, 0) is 87.1 Å². The number of imidazole rings is 1.